The van der Waals surface area contributed by atoms with Crippen molar-refractivity contribution in [1.82, 2.24) is 5.32 Å². The summed E-state index contributed by atoms with van der Waals surface area (Å²) in [6, 6.07) is 7.04. The number of amides is 1. The maximum Gasteiger partial charge on any atom is 0.304 e. The molecule has 2 heterocycles. The second-order valence-corrected chi connectivity index (χ2v) is 6.16. The predicted octanol–water partition coefficient (Wildman–Crippen LogP) is 2.53. The van der Waals surface area contributed by atoms with Crippen molar-refractivity contribution in [3.8, 4) is 0 Å². The summed E-state index contributed by atoms with van der Waals surface area (Å²) < 4.78 is 5.08. The number of aliphatic hydroxyl groups is 1. The highest BCUT2D eigenvalue weighted by Crippen LogP contribution is 2.27. The Morgan fingerprint density at radius 2 is 2.09 bits per heavy atom. The van der Waals surface area contributed by atoms with Crippen molar-refractivity contribution in [3.63, 3.8) is 0 Å². The molecule has 0 bridgehead atoms. The molecule has 0 aliphatic carbocycles. The first-order valence-corrected chi connectivity index (χ1v) is 8.17. The summed E-state index contributed by atoms with van der Waals surface area (Å²) >= 11 is 1.45. The zero-order valence-electron chi connectivity index (χ0n) is 12.5. The van der Waals surface area contributed by atoms with E-state index in [1.54, 1.807) is 12.1 Å². The van der Waals surface area contributed by atoms with Crippen LogP contribution in [0.25, 0.3) is 0 Å². The highest BCUT2D eigenvalue weighted by molar-refractivity contribution is 7.10. The van der Waals surface area contributed by atoms with Gasteiger partial charge in [-0.3, -0.25) is 9.59 Å². The third-order valence-corrected chi connectivity index (χ3v) is 4.44. The standard InChI is InChI=1S/C16H19NO5S/c18-12(13-3-1-7-22-13)5-6-17-15(19)9-11(10-16(20)21)14-4-2-8-23-14/h1-4,7-8,11-12,18H,5-6,9-10H2,(H,17,19)(H,20,21). The van der Waals surface area contributed by atoms with Crippen LogP contribution in [0, 0.1) is 0 Å². The summed E-state index contributed by atoms with van der Waals surface area (Å²) in [7, 11) is 0. The molecule has 0 spiro atoms. The summed E-state index contributed by atoms with van der Waals surface area (Å²) in [5.41, 5.74) is 0. The van der Waals surface area contributed by atoms with E-state index in [0.29, 0.717) is 18.7 Å². The van der Waals surface area contributed by atoms with Crippen molar-refractivity contribution in [2.24, 2.45) is 0 Å². The number of nitrogens with one attached hydrogen (secondary N) is 1. The molecular weight excluding hydrogens is 318 g/mol. The van der Waals surface area contributed by atoms with E-state index in [4.69, 9.17) is 9.52 Å². The van der Waals surface area contributed by atoms with Gasteiger partial charge in [0.05, 0.1) is 12.7 Å². The molecule has 2 aromatic heterocycles. The van der Waals surface area contributed by atoms with Crippen LogP contribution in [0.3, 0.4) is 0 Å². The van der Waals surface area contributed by atoms with Crippen LogP contribution in [-0.2, 0) is 9.59 Å². The van der Waals surface area contributed by atoms with E-state index < -0.39 is 12.1 Å². The van der Waals surface area contributed by atoms with Gasteiger partial charge in [-0.15, -0.1) is 11.3 Å². The number of aliphatic carboxylic acids is 1. The fourth-order valence-corrected chi connectivity index (χ4v) is 3.11. The lowest BCUT2D eigenvalue weighted by Crippen LogP contribution is -2.27. The normalized spacial score (nSPS) is 13.4. The van der Waals surface area contributed by atoms with Crippen LogP contribution in [0.2, 0.25) is 0 Å². The Labute approximate surface area is 137 Å². The maximum absolute atomic E-state index is 12.0. The zero-order chi connectivity index (χ0) is 16.7. The quantitative estimate of drug-likeness (QED) is 0.653. The average Bonchev–Trinajstić information content (AvgIpc) is 3.19. The van der Waals surface area contributed by atoms with E-state index in [0.717, 1.165) is 4.88 Å². The molecule has 3 N–H and O–H groups in total. The van der Waals surface area contributed by atoms with Gasteiger partial charge in [-0.1, -0.05) is 6.07 Å². The number of carbonyl (C=O) groups is 2. The van der Waals surface area contributed by atoms with Gasteiger partial charge in [-0.25, -0.2) is 0 Å². The number of rotatable bonds is 9. The van der Waals surface area contributed by atoms with E-state index in [2.05, 4.69) is 5.32 Å². The number of furan rings is 1. The molecule has 0 saturated carbocycles. The largest absolute Gasteiger partial charge is 0.481 e. The SMILES string of the molecule is O=C(O)CC(CC(=O)NCCC(O)c1ccco1)c1cccs1. The Bertz CT molecular complexity index is 608. The molecule has 1 amide bonds. The average molecular weight is 337 g/mol. The third kappa shape index (κ3) is 5.54. The van der Waals surface area contributed by atoms with Gasteiger partial charge in [0.2, 0.25) is 5.91 Å². The smallest absolute Gasteiger partial charge is 0.304 e. The highest BCUT2D eigenvalue weighted by Gasteiger charge is 2.20. The van der Waals surface area contributed by atoms with Gasteiger partial charge in [-0.05, 0) is 30.0 Å². The topological polar surface area (TPSA) is 99.8 Å². The number of hydrogen-bond acceptors (Lipinski definition) is 5. The van der Waals surface area contributed by atoms with Crippen molar-refractivity contribution in [2.45, 2.75) is 31.3 Å². The maximum atomic E-state index is 12.0. The van der Waals surface area contributed by atoms with Gasteiger partial charge in [0.1, 0.15) is 11.9 Å². The number of aliphatic hydroxyl groups excluding tert-OH is 1. The fourth-order valence-electron chi connectivity index (χ4n) is 2.28. The van der Waals surface area contributed by atoms with Crippen molar-refractivity contribution < 1.29 is 24.2 Å². The number of hydrogen-bond donors (Lipinski definition) is 3. The number of carbonyl (C=O) groups excluding carboxylic acids is 1. The molecule has 124 valence electrons. The molecule has 0 aromatic carbocycles. The van der Waals surface area contributed by atoms with Crippen molar-refractivity contribution in [2.75, 3.05) is 6.54 Å². The number of carboxylic acid groups (broad SMARTS) is 1. The van der Waals surface area contributed by atoms with E-state index >= 15 is 0 Å². The van der Waals surface area contributed by atoms with Crippen molar-refractivity contribution >= 4 is 23.2 Å². The lowest BCUT2D eigenvalue weighted by atomic mass is 9.99. The molecule has 0 saturated heterocycles. The Kier molecular flexibility index (Phi) is 6.37. The van der Waals surface area contributed by atoms with E-state index in [1.165, 1.54) is 17.6 Å². The van der Waals surface area contributed by atoms with Crippen LogP contribution >= 0.6 is 11.3 Å². The van der Waals surface area contributed by atoms with Gasteiger partial charge in [0.15, 0.2) is 0 Å². The van der Waals surface area contributed by atoms with Crippen LogP contribution < -0.4 is 5.32 Å². The van der Waals surface area contributed by atoms with Crippen molar-refractivity contribution in [3.05, 3.63) is 46.5 Å². The Hall–Kier alpha value is -2.12. The first kappa shape index (κ1) is 17.2. The number of thiophene rings is 1. The summed E-state index contributed by atoms with van der Waals surface area (Å²) in [5, 5.41) is 23.4. The third-order valence-electron chi connectivity index (χ3n) is 3.41. The van der Waals surface area contributed by atoms with Crippen LogP contribution in [0.15, 0.2) is 40.3 Å². The minimum Gasteiger partial charge on any atom is -0.481 e. The van der Waals surface area contributed by atoms with Gasteiger partial charge >= 0.3 is 5.97 Å². The molecule has 2 unspecified atom stereocenters. The van der Waals surface area contributed by atoms with Crippen LogP contribution in [-0.4, -0.2) is 28.6 Å². The van der Waals surface area contributed by atoms with Crippen LogP contribution in [0.5, 0.6) is 0 Å². The summed E-state index contributed by atoms with van der Waals surface area (Å²) in [6.45, 7) is 0.297. The van der Waals surface area contributed by atoms with Crippen LogP contribution in [0.1, 0.15) is 41.9 Å². The van der Waals surface area contributed by atoms with Gasteiger partial charge in [-0.2, -0.15) is 0 Å². The monoisotopic (exact) mass is 337 g/mol. The molecule has 2 aromatic rings. The van der Waals surface area contributed by atoms with Crippen molar-refractivity contribution in [1.29, 1.82) is 0 Å². The Morgan fingerprint density at radius 3 is 2.70 bits per heavy atom. The molecule has 0 radical (unpaired) electrons. The van der Waals surface area contributed by atoms with E-state index in [-0.39, 0.29) is 24.7 Å². The molecule has 0 aliphatic heterocycles. The second-order valence-electron chi connectivity index (χ2n) is 5.18. The molecule has 2 rings (SSSR count). The van der Waals surface area contributed by atoms with Gasteiger partial charge in [0, 0.05) is 23.8 Å². The Morgan fingerprint density at radius 1 is 1.26 bits per heavy atom. The molecule has 7 heteroatoms. The van der Waals surface area contributed by atoms with E-state index in [9.17, 15) is 14.7 Å². The summed E-state index contributed by atoms with van der Waals surface area (Å²) in [5.74, 6) is -1.02. The lowest BCUT2D eigenvalue weighted by Gasteiger charge is -2.14. The van der Waals surface area contributed by atoms with Gasteiger partial charge < -0.3 is 19.9 Å². The lowest BCUT2D eigenvalue weighted by molar-refractivity contribution is -0.137. The summed E-state index contributed by atoms with van der Waals surface area (Å²) in [4.78, 5) is 23.8. The molecule has 2 atom stereocenters. The number of carboxylic acids is 1. The molecule has 6 nitrogen and oxygen atoms in total. The molecular formula is C16H19NO5S. The molecule has 23 heavy (non-hydrogen) atoms. The van der Waals surface area contributed by atoms with Gasteiger partial charge in [0.25, 0.3) is 0 Å². The Balaban J connectivity index is 1.79. The zero-order valence-corrected chi connectivity index (χ0v) is 13.3. The predicted molar refractivity (Wildman–Crippen MR) is 85.2 cm³/mol. The highest BCUT2D eigenvalue weighted by atomic mass is 32.1. The first-order chi connectivity index (χ1) is 11.1. The van der Waals surface area contributed by atoms with E-state index in [1.807, 2.05) is 17.5 Å². The first-order valence-electron chi connectivity index (χ1n) is 7.29. The van der Waals surface area contributed by atoms with Crippen LogP contribution in [0.4, 0.5) is 0 Å². The minimum atomic E-state index is -0.926. The molecule has 0 fully saturated rings. The minimum absolute atomic E-state index is 0.0804. The fraction of sp³-hybridized carbons (Fsp3) is 0.375. The second kappa shape index (κ2) is 8.50. The summed E-state index contributed by atoms with van der Waals surface area (Å²) in [6.07, 6.45) is 1.08. The molecule has 0 aliphatic rings.